The van der Waals surface area contributed by atoms with Crippen LogP contribution in [0.4, 0.5) is 0 Å². The summed E-state index contributed by atoms with van der Waals surface area (Å²) in [7, 11) is 0. The van der Waals surface area contributed by atoms with Crippen molar-refractivity contribution in [1.82, 2.24) is 0 Å². The lowest BCUT2D eigenvalue weighted by molar-refractivity contribution is 0.257. The summed E-state index contributed by atoms with van der Waals surface area (Å²) in [4.78, 5) is 6.42. The molecule has 2 nitrogen and oxygen atoms in total. The molecule has 0 saturated heterocycles. The average Bonchev–Trinajstić information content (AvgIpc) is 3.15. The van der Waals surface area contributed by atoms with Gasteiger partial charge in [0.05, 0.1) is 0 Å². The molecule has 0 amide bonds. The normalized spacial score (nSPS) is 18.9. The molecule has 1 heterocycles. The third-order valence-corrected chi connectivity index (χ3v) is 6.37. The zero-order valence-corrected chi connectivity index (χ0v) is 17.2. The van der Waals surface area contributed by atoms with E-state index in [1.165, 1.54) is 43.4 Å². The van der Waals surface area contributed by atoms with Crippen LogP contribution in [-0.4, -0.2) is 23.8 Å². The van der Waals surface area contributed by atoms with E-state index in [0.717, 1.165) is 23.6 Å². The Morgan fingerprint density at radius 1 is 0.889 bits per heavy atom. The summed E-state index contributed by atoms with van der Waals surface area (Å²) in [5.41, 5.74) is 0.989. The van der Waals surface area contributed by atoms with E-state index in [9.17, 15) is 0 Å². The summed E-state index contributed by atoms with van der Waals surface area (Å²) in [6.07, 6.45) is 8.99. The average molecular weight is 382 g/mol. The Morgan fingerprint density at radius 2 is 1.56 bits per heavy atom. The smallest absolute Gasteiger partial charge is 0.216 e. The van der Waals surface area contributed by atoms with Gasteiger partial charge in [-0.2, -0.15) is 0 Å². The Kier molecular flexibility index (Phi) is 7.82. The van der Waals surface area contributed by atoms with Crippen LogP contribution in [0.2, 0.25) is 0 Å². The Balaban J connectivity index is 1.64. The highest BCUT2D eigenvalue weighted by atomic mass is 32.2. The monoisotopic (exact) mass is 381 g/mol. The molecule has 0 bridgehead atoms. The lowest BCUT2D eigenvalue weighted by atomic mass is 9.95. The van der Waals surface area contributed by atoms with Gasteiger partial charge < -0.3 is 4.74 Å². The van der Waals surface area contributed by atoms with Crippen LogP contribution in [0, 0.1) is 0 Å². The van der Waals surface area contributed by atoms with E-state index in [4.69, 9.17) is 9.73 Å². The Morgan fingerprint density at radius 3 is 2.30 bits per heavy atom. The third kappa shape index (κ3) is 6.14. The van der Waals surface area contributed by atoms with E-state index < -0.39 is 0 Å². The summed E-state index contributed by atoms with van der Waals surface area (Å²) in [5, 5.41) is 0. The molecule has 144 valence electrons. The highest BCUT2D eigenvalue weighted by molar-refractivity contribution is 7.99. The molecule has 1 atom stereocenters. The minimum atomic E-state index is -0.101. The zero-order valence-electron chi connectivity index (χ0n) is 16.4. The quantitative estimate of drug-likeness (QED) is 0.317. The first-order valence-corrected chi connectivity index (χ1v) is 11.3. The van der Waals surface area contributed by atoms with E-state index >= 15 is 0 Å². The van der Waals surface area contributed by atoms with Gasteiger partial charge in [-0.1, -0.05) is 81.8 Å². The molecule has 3 rings (SSSR count). The molecule has 0 N–H and O–H groups in total. The van der Waals surface area contributed by atoms with Gasteiger partial charge >= 0.3 is 0 Å². The number of benzene rings is 2. The molecule has 1 aliphatic heterocycles. The van der Waals surface area contributed by atoms with Crippen LogP contribution in [0.25, 0.3) is 0 Å². The first kappa shape index (κ1) is 20.0. The van der Waals surface area contributed by atoms with Crippen molar-refractivity contribution in [3.8, 4) is 0 Å². The molecule has 2 aromatic rings. The SMILES string of the molecule is CCCCCCCC[C@@]1(CSc2ccccc2)COC(c2ccccc2)=N1. The van der Waals surface area contributed by atoms with Crippen LogP contribution in [0.5, 0.6) is 0 Å². The number of aliphatic imine (C=N–C) groups is 1. The fourth-order valence-corrected chi connectivity index (χ4v) is 4.53. The van der Waals surface area contributed by atoms with E-state index in [0.29, 0.717) is 6.61 Å². The third-order valence-electron chi connectivity index (χ3n) is 5.08. The molecular formula is C24H31NOS. The molecule has 0 aromatic heterocycles. The number of hydrogen-bond donors (Lipinski definition) is 0. The molecule has 0 aliphatic carbocycles. The molecule has 0 saturated carbocycles. The highest BCUT2D eigenvalue weighted by Crippen LogP contribution is 2.33. The van der Waals surface area contributed by atoms with Crippen molar-refractivity contribution in [3.63, 3.8) is 0 Å². The summed E-state index contributed by atoms with van der Waals surface area (Å²) in [5.74, 6) is 1.79. The van der Waals surface area contributed by atoms with Crippen molar-refractivity contribution in [2.45, 2.75) is 62.3 Å². The molecular weight excluding hydrogens is 350 g/mol. The van der Waals surface area contributed by atoms with Gasteiger partial charge in [0.15, 0.2) is 0 Å². The topological polar surface area (TPSA) is 21.6 Å². The van der Waals surface area contributed by atoms with Crippen molar-refractivity contribution in [2.24, 2.45) is 4.99 Å². The number of nitrogens with zero attached hydrogens (tertiary/aromatic N) is 1. The number of hydrogen-bond acceptors (Lipinski definition) is 3. The fraction of sp³-hybridized carbons (Fsp3) is 0.458. The van der Waals surface area contributed by atoms with Crippen LogP contribution >= 0.6 is 11.8 Å². The second kappa shape index (κ2) is 10.6. The number of ether oxygens (including phenoxy) is 1. The molecule has 0 fully saturated rings. The number of thioether (sulfide) groups is 1. The number of unbranched alkanes of at least 4 members (excludes halogenated alkanes) is 5. The molecule has 3 heteroatoms. The summed E-state index contributed by atoms with van der Waals surface area (Å²) >= 11 is 1.90. The first-order valence-electron chi connectivity index (χ1n) is 10.3. The maximum atomic E-state index is 6.08. The van der Waals surface area contributed by atoms with Crippen molar-refractivity contribution in [1.29, 1.82) is 0 Å². The van der Waals surface area contributed by atoms with Gasteiger partial charge in [-0.15, -0.1) is 11.8 Å². The Hall–Kier alpha value is -1.74. The molecule has 0 unspecified atom stereocenters. The highest BCUT2D eigenvalue weighted by Gasteiger charge is 2.36. The van der Waals surface area contributed by atoms with Gasteiger partial charge in [0.25, 0.3) is 0 Å². The first-order chi connectivity index (χ1) is 13.3. The molecule has 2 aromatic carbocycles. The van der Waals surface area contributed by atoms with Crippen LogP contribution in [0.15, 0.2) is 70.6 Å². The van der Waals surface area contributed by atoms with E-state index in [1.54, 1.807) is 0 Å². The summed E-state index contributed by atoms with van der Waals surface area (Å²) < 4.78 is 6.08. The van der Waals surface area contributed by atoms with Crippen LogP contribution < -0.4 is 0 Å². The Labute approximate surface area is 168 Å². The van der Waals surface area contributed by atoms with Gasteiger partial charge in [-0.05, 0) is 30.7 Å². The molecule has 27 heavy (non-hydrogen) atoms. The van der Waals surface area contributed by atoms with Crippen LogP contribution in [-0.2, 0) is 4.74 Å². The predicted octanol–water partition coefficient (Wildman–Crippen LogP) is 6.75. The largest absolute Gasteiger partial charge is 0.475 e. The van der Waals surface area contributed by atoms with Gasteiger partial charge in [0.1, 0.15) is 12.1 Å². The van der Waals surface area contributed by atoms with E-state index in [1.807, 2.05) is 30.0 Å². The maximum Gasteiger partial charge on any atom is 0.216 e. The van der Waals surface area contributed by atoms with Gasteiger partial charge in [0, 0.05) is 16.2 Å². The minimum Gasteiger partial charge on any atom is -0.475 e. The van der Waals surface area contributed by atoms with E-state index in [2.05, 4.69) is 49.4 Å². The molecule has 1 aliphatic rings. The lowest BCUT2D eigenvalue weighted by Crippen LogP contribution is -2.31. The zero-order chi connectivity index (χ0) is 18.8. The number of rotatable bonds is 11. The Bertz CT molecular complexity index is 701. The standard InChI is InChI=1S/C24H31NOS/c1-2-3-4-5-6-13-18-24(20-27-22-16-11-8-12-17-22)19-26-23(25-24)21-14-9-7-10-15-21/h7-12,14-17H,2-6,13,18-20H2,1H3/t24-/m0/s1. The summed E-state index contributed by atoms with van der Waals surface area (Å²) in [6.45, 7) is 2.97. The lowest BCUT2D eigenvalue weighted by Gasteiger charge is -2.23. The predicted molar refractivity (Wildman–Crippen MR) is 117 cm³/mol. The maximum absolute atomic E-state index is 6.08. The van der Waals surface area contributed by atoms with Crippen molar-refractivity contribution < 1.29 is 4.74 Å². The van der Waals surface area contributed by atoms with Crippen molar-refractivity contribution in [2.75, 3.05) is 12.4 Å². The second-order valence-corrected chi connectivity index (χ2v) is 8.46. The molecule has 0 spiro atoms. The van der Waals surface area contributed by atoms with Crippen LogP contribution in [0.1, 0.15) is 57.4 Å². The van der Waals surface area contributed by atoms with Crippen LogP contribution in [0.3, 0.4) is 0 Å². The van der Waals surface area contributed by atoms with Gasteiger partial charge in [0.2, 0.25) is 5.90 Å². The second-order valence-electron chi connectivity index (χ2n) is 7.42. The van der Waals surface area contributed by atoms with Crippen molar-refractivity contribution in [3.05, 3.63) is 66.2 Å². The van der Waals surface area contributed by atoms with Gasteiger partial charge in [-0.3, -0.25) is 0 Å². The van der Waals surface area contributed by atoms with Crippen molar-refractivity contribution >= 4 is 17.7 Å². The van der Waals surface area contributed by atoms with Gasteiger partial charge in [-0.25, -0.2) is 4.99 Å². The summed E-state index contributed by atoms with van der Waals surface area (Å²) in [6, 6.07) is 20.9. The molecule has 0 radical (unpaired) electrons. The fourth-order valence-electron chi connectivity index (χ4n) is 3.45. The minimum absolute atomic E-state index is 0.101. The van der Waals surface area contributed by atoms with E-state index in [-0.39, 0.29) is 5.54 Å².